The highest BCUT2D eigenvalue weighted by Crippen LogP contribution is 2.15. The number of alkyl halides is 1. The van der Waals surface area contributed by atoms with Crippen LogP contribution in [0.5, 0.6) is 5.75 Å². The minimum atomic E-state index is -2.06. The first-order valence-electron chi connectivity index (χ1n) is 5.73. The molecule has 1 aromatic rings. The monoisotopic (exact) mass is 240 g/mol. The number of carbonyl (C=O) groups is 1. The van der Waals surface area contributed by atoms with Gasteiger partial charge >= 0.3 is 12.3 Å². The van der Waals surface area contributed by atoms with E-state index in [-0.39, 0.29) is 6.61 Å². The molecule has 4 heteroatoms. The van der Waals surface area contributed by atoms with E-state index < -0.39 is 12.3 Å². The molecule has 0 fully saturated rings. The van der Waals surface area contributed by atoms with Crippen molar-refractivity contribution in [2.75, 3.05) is 6.61 Å². The fourth-order valence-corrected chi connectivity index (χ4v) is 1.40. The minimum absolute atomic E-state index is 0.137. The summed E-state index contributed by atoms with van der Waals surface area (Å²) in [4.78, 5) is 11.0. The maximum absolute atomic E-state index is 13.2. The normalized spacial score (nSPS) is 11.9. The van der Waals surface area contributed by atoms with Crippen LogP contribution in [0.4, 0.5) is 4.39 Å². The predicted octanol–water partition coefficient (Wildman–Crippen LogP) is 2.88. The maximum atomic E-state index is 13.2. The molecule has 0 spiro atoms. The molecule has 0 aromatic heterocycles. The van der Waals surface area contributed by atoms with Crippen molar-refractivity contribution >= 4 is 5.97 Å². The molecule has 0 amide bonds. The minimum Gasteiger partial charge on any atom is -0.461 e. The van der Waals surface area contributed by atoms with Crippen molar-refractivity contribution in [2.45, 2.75) is 33.0 Å². The Bertz CT molecular complexity index is 348. The molecule has 94 valence electrons. The Morgan fingerprint density at radius 2 is 1.94 bits per heavy atom. The van der Waals surface area contributed by atoms with E-state index in [9.17, 15) is 9.18 Å². The van der Waals surface area contributed by atoms with Gasteiger partial charge in [0.2, 0.25) is 0 Å². The predicted molar refractivity (Wildman–Crippen MR) is 62.6 cm³/mol. The van der Waals surface area contributed by atoms with Crippen molar-refractivity contribution < 1.29 is 18.7 Å². The Balaban J connectivity index is 2.53. The van der Waals surface area contributed by atoms with Gasteiger partial charge in [-0.15, -0.1) is 0 Å². The number of hydrogen-bond acceptors (Lipinski definition) is 3. The summed E-state index contributed by atoms with van der Waals surface area (Å²) in [7, 11) is 0. The number of ether oxygens (including phenoxy) is 2. The van der Waals surface area contributed by atoms with Gasteiger partial charge < -0.3 is 9.47 Å². The van der Waals surface area contributed by atoms with E-state index >= 15 is 0 Å². The van der Waals surface area contributed by atoms with Crippen LogP contribution in [0.25, 0.3) is 0 Å². The molecular formula is C13H17FO3. The van der Waals surface area contributed by atoms with Crippen molar-refractivity contribution in [2.24, 2.45) is 0 Å². The second-order valence-electron chi connectivity index (χ2n) is 3.58. The van der Waals surface area contributed by atoms with E-state index in [1.165, 1.54) is 0 Å². The summed E-state index contributed by atoms with van der Waals surface area (Å²) in [6, 6.07) is 7.01. The van der Waals surface area contributed by atoms with Crippen molar-refractivity contribution in [1.29, 1.82) is 0 Å². The standard InChI is InChI=1S/C13H17FO3/c1-3-5-10-6-8-11(9-7-10)17-12(14)13(15)16-4-2/h6-9,12H,3-5H2,1-2H3. The average molecular weight is 240 g/mol. The molecule has 0 aliphatic carbocycles. The molecule has 0 N–H and O–H groups in total. The Kier molecular flexibility index (Phi) is 5.46. The third-order valence-electron chi connectivity index (χ3n) is 2.17. The molecule has 1 rings (SSSR count). The zero-order valence-electron chi connectivity index (χ0n) is 10.1. The van der Waals surface area contributed by atoms with Crippen LogP contribution in [-0.4, -0.2) is 18.9 Å². The fraction of sp³-hybridized carbons (Fsp3) is 0.462. The van der Waals surface area contributed by atoms with E-state index in [4.69, 9.17) is 4.74 Å². The topological polar surface area (TPSA) is 35.5 Å². The number of hydrogen-bond donors (Lipinski definition) is 0. The molecule has 3 nitrogen and oxygen atoms in total. The Labute approximate surface area is 101 Å². The molecule has 17 heavy (non-hydrogen) atoms. The lowest BCUT2D eigenvalue weighted by atomic mass is 10.1. The number of benzene rings is 1. The van der Waals surface area contributed by atoms with E-state index in [1.807, 2.05) is 12.1 Å². The highest BCUT2D eigenvalue weighted by molar-refractivity contribution is 5.73. The molecule has 0 heterocycles. The Morgan fingerprint density at radius 1 is 1.29 bits per heavy atom. The smallest absolute Gasteiger partial charge is 0.381 e. The van der Waals surface area contributed by atoms with Crippen molar-refractivity contribution in [3.63, 3.8) is 0 Å². The van der Waals surface area contributed by atoms with Crippen LogP contribution in [0, 0.1) is 0 Å². The van der Waals surface area contributed by atoms with Gasteiger partial charge in [-0.2, -0.15) is 4.39 Å². The first-order valence-corrected chi connectivity index (χ1v) is 5.73. The summed E-state index contributed by atoms with van der Waals surface area (Å²) in [5, 5.41) is 0. The molecule has 1 unspecified atom stereocenters. The van der Waals surface area contributed by atoms with Gasteiger partial charge in [0, 0.05) is 0 Å². The van der Waals surface area contributed by atoms with Gasteiger partial charge in [-0.25, -0.2) is 4.79 Å². The van der Waals surface area contributed by atoms with Gasteiger partial charge in [-0.1, -0.05) is 25.5 Å². The Hall–Kier alpha value is -1.58. The summed E-state index contributed by atoms with van der Waals surface area (Å²) < 4.78 is 22.5. The lowest BCUT2D eigenvalue weighted by Crippen LogP contribution is -2.24. The largest absolute Gasteiger partial charge is 0.461 e. The molecule has 0 saturated heterocycles. The van der Waals surface area contributed by atoms with Gasteiger partial charge in [0.1, 0.15) is 5.75 Å². The number of aryl methyl sites for hydroxylation is 1. The molecule has 0 aliphatic rings. The zero-order chi connectivity index (χ0) is 12.7. The van der Waals surface area contributed by atoms with Gasteiger partial charge in [-0.05, 0) is 31.0 Å². The summed E-state index contributed by atoms with van der Waals surface area (Å²) in [5.41, 5.74) is 1.16. The van der Waals surface area contributed by atoms with Crippen LogP contribution >= 0.6 is 0 Å². The lowest BCUT2D eigenvalue weighted by molar-refractivity contribution is -0.159. The molecule has 1 atom stereocenters. The quantitative estimate of drug-likeness (QED) is 0.717. The van der Waals surface area contributed by atoms with Crippen molar-refractivity contribution in [1.82, 2.24) is 0 Å². The van der Waals surface area contributed by atoms with Crippen LogP contribution in [0.2, 0.25) is 0 Å². The van der Waals surface area contributed by atoms with Gasteiger partial charge in [0.15, 0.2) is 0 Å². The summed E-state index contributed by atoms with van der Waals surface area (Å²) in [5.74, 6) is -0.671. The number of halogens is 1. The van der Waals surface area contributed by atoms with Crippen LogP contribution in [0.1, 0.15) is 25.8 Å². The van der Waals surface area contributed by atoms with E-state index in [0.29, 0.717) is 5.75 Å². The van der Waals surface area contributed by atoms with E-state index in [2.05, 4.69) is 11.7 Å². The van der Waals surface area contributed by atoms with Crippen LogP contribution in [-0.2, 0) is 16.0 Å². The first-order chi connectivity index (χ1) is 8.17. The molecule has 0 saturated carbocycles. The lowest BCUT2D eigenvalue weighted by Gasteiger charge is -2.10. The van der Waals surface area contributed by atoms with E-state index in [1.54, 1.807) is 19.1 Å². The summed E-state index contributed by atoms with van der Waals surface area (Å²) in [6.07, 6.45) is -0.0432. The molecular weight excluding hydrogens is 223 g/mol. The average Bonchev–Trinajstić information content (AvgIpc) is 2.32. The first kappa shape index (κ1) is 13.5. The molecule has 0 bridgehead atoms. The summed E-state index contributed by atoms with van der Waals surface area (Å²) in [6.45, 7) is 3.84. The van der Waals surface area contributed by atoms with Gasteiger partial charge in [-0.3, -0.25) is 0 Å². The number of esters is 1. The van der Waals surface area contributed by atoms with E-state index in [0.717, 1.165) is 18.4 Å². The maximum Gasteiger partial charge on any atom is 0.381 e. The van der Waals surface area contributed by atoms with Crippen LogP contribution in [0.15, 0.2) is 24.3 Å². The molecule has 0 aliphatic heterocycles. The number of carbonyl (C=O) groups excluding carboxylic acids is 1. The Morgan fingerprint density at radius 3 is 2.47 bits per heavy atom. The summed E-state index contributed by atoms with van der Waals surface area (Å²) >= 11 is 0. The van der Waals surface area contributed by atoms with Crippen LogP contribution in [0.3, 0.4) is 0 Å². The second-order valence-corrected chi connectivity index (χ2v) is 3.58. The van der Waals surface area contributed by atoms with Crippen molar-refractivity contribution in [3.05, 3.63) is 29.8 Å². The third-order valence-corrected chi connectivity index (χ3v) is 2.17. The fourth-order valence-electron chi connectivity index (χ4n) is 1.40. The van der Waals surface area contributed by atoms with Gasteiger partial charge in [0.05, 0.1) is 6.61 Å². The molecule has 0 radical (unpaired) electrons. The third kappa shape index (κ3) is 4.43. The van der Waals surface area contributed by atoms with Crippen LogP contribution < -0.4 is 4.74 Å². The zero-order valence-corrected chi connectivity index (χ0v) is 10.1. The highest BCUT2D eigenvalue weighted by Gasteiger charge is 2.20. The molecule has 1 aromatic carbocycles. The SMILES string of the molecule is CCCc1ccc(OC(F)C(=O)OCC)cc1. The second kappa shape index (κ2) is 6.89. The van der Waals surface area contributed by atoms with Gasteiger partial charge in [0.25, 0.3) is 0 Å². The number of rotatable bonds is 6. The highest BCUT2D eigenvalue weighted by atomic mass is 19.1. The van der Waals surface area contributed by atoms with Crippen molar-refractivity contribution in [3.8, 4) is 5.75 Å².